The molecule has 3 rings (SSSR count). The minimum atomic E-state index is -0.566. The van der Waals surface area contributed by atoms with E-state index in [1.807, 2.05) is 52.8 Å². The molecular formula is C25H34N2O3S. The van der Waals surface area contributed by atoms with Crippen LogP contribution in [0.5, 0.6) is 5.75 Å². The number of ether oxygens (including phenoxy) is 2. The Labute approximate surface area is 189 Å². The lowest BCUT2D eigenvalue weighted by molar-refractivity contribution is 0.0503. The summed E-state index contributed by atoms with van der Waals surface area (Å²) in [7, 11) is 1.64. The number of nitrogens with zero attached hydrogens (tertiary/aromatic N) is 1. The zero-order chi connectivity index (χ0) is 23.2. The van der Waals surface area contributed by atoms with Crippen molar-refractivity contribution in [3.63, 3.8) is 0 Å². The Morgan fingerprint density at radius 1 is 1.32 bits per heavy atom. The molecule has 0 spiro atoms. The van der Waals surface area contributed by atoms with Crippen LogP contribution in [0, 0.1) is 5.92 Å². The highest BCUT2D eigenvalue weighted by Crippen LogP contribution is 2.34. The second-order valence-electron chi connectivity index (χ2n) is 8.23. The molecule has 0 aliphatic heterocycles. The van der Waals surface area contributed by atoms with Crippen molar-refractivity contribution < 1.29 is 14.3 Å². The Balaban J connectivity index is 0.00000166. The number of nitrogens with one attached hydrogen (secondary N) is 1. The highest BCUT2D eigenvalue weighted by Gasteiger charge is 2.24. The van der Waals surface area contributed by atoms with Gasteiger partial charge in [0.1, 0.15) is 16.4 Å². The summed E-state index contributed by atoms with van der Waals surface area (Å²) in [5, 5.41) is 3.84. The molecule has 31 heavy (non-hydrogen) atoms. The molecule has 168 valence electrons. The van der Waals surface area contributed by atoms with Gasteiger partial charge in [-0.2, -0.15) is 0 Å². The number of amides is 1. The van der Waals surface area contributed by atoms with Gasteiger partial charge in [-0.05, 0) is 62.5 Å². The van der Waals surface area contributed by atoms with Crippen molar-refractivity contribution >= 4 is 27.6 Å². The average Bonchev–Trinajstić information content (AvgIpc) is 3.13. The Hall–Kier alpha value is -2.60. The fourth-order valence-electron chi connectivity index (χ4n) is 3.02. The summed E-state index contributed by atoms with van der Waals surface area (Å²) in [6.45, 7) is 15.8. The summed E-state index contributed by atoms with van der Waals surface area (Å²) in [5.74, 6) is 1.11. The lowest BCUT2D eigenvalue weighted by Crippen LogP contribution is -2.35. The lowest BCUT2D eigenvalue weighted by Gasteiger charge is -2.24. The lowest BCUT2D eigenvalue weighted by atomic mass is 9.91. The summed E-state index contributed by atoms with van der Waals surface area (Å²) in [5.41, 5.74) is 2.48. The summed E-state index contributed by atoms with van der Waals surface area (Å²) in [6, 6.07) is 5.48. The topological polar surface area (TPSA) is 60.5 Å². The molecule has 1 aromatic carbocycles. The molecule has 2 atom stereocenters. The van der Waals surface area contributed by atoms with Crippen molar-refractivity contribution in [2.75, 3.05) is 7.11 Å². The summed E-state index contributed by atoms with van der Waals surface area (Å²) in [6.07, 6.45) is 6.47. The van der Waals surface area contributed by atoms with Gasteiger partial charge in [-0.25, -0.2) is 9.78 Å². The van der Waals surface area contributed by atoms with E-state index in [1.54, 1.807) is 18.4 Å². The van der Waals surface area contributed by atoms with Crippen LogP contribution in [0.4, 0.5) is 4.79 Å². The molecule has 0 saturated carbocycles. The molecule has 0 bridgehead atoms. The van der Waals surface area contributed by atoms with Crippen LogP contribution in [0.25, 0.3) is 10.2 Å². The number of methoxy groups -OCH3 is 1. The molecule has 2 unspecified atom stereocenters. The zero-order valence-corrected chi connectivity index (χ0v) is 20.4. The number of carbonyl (C=O) groups is 1. The maximum Gasteiger partial charge on any atom is 0.408 e. The maximum atomic E-state index is 12.5. The van der Waals surface area contributed by atoms with Crippen LogP contribution in [0.2, 0.25) is 0 Å². The predicted molar refractivity (Wildman–Crippen MR) is 130 cm³/mol. The van der Waals surface area contributed by atoms with E-state index in [0.29, 0.717) is 12.3 Å². The molecule has 1 aliphatic carbocycles. The van der Waals surface area contributed by atoms with Gasteiger partial charge in [0, 0.05) is 0 Å². The number of alkyl carbamates (subject to hydrolysis) is 1. The third-order valence-corrected chi connectivity index (χ3v) is 5.73. The van der Waals surface area contributed by atoms with E-state index in [4.69, 9.17) is 14.5 Å². The Kier molecular flexibility index (Phi) is 8.45. The van der Waals surface area contributed by atoms with Crippen LogP contribution in [0.15, 0.2) is 54.2 Å². The minimum Gasteiger partial charge on any atom is -0.497 e. The molecule has 2 aromatic rings. The monoisotopic (exact) mass is 442 g/mol. The number of carbonyl (C=O) groups excluding carboxylic acids is 1. The van der Waals surface area contributed by atoms with Gasteiger partial charge in [0.25, 0.3) is 0 Å². The van der Waals surface area contributed by atoms with E-state index < -0.39 is 11.7 Å². The van der Waals surface area contributed by atoms with E-state index in [1.165, 1.54) is 0 Å². The van der Waals surface area contributed by atoms with Gasteiger partial charge in [-0.3, -0.25) is 0 Å². The molecule has 1 N–H and O–H groups in total. The largest absolute Gasteiger partial charge is 0.497 e. The van der Waals surface area contributed by atoms with Crippen molar-refractivity contribution in [1.29, 1.82) is 0 Å². The van der Waals surface area contributed by atoms with Gasteiger partial charge in [0.15, 0.2) is 0 Å². The predicted octanol–water partition coefficient (Wildman–Crippen LogP) is 6.98. The first kappa shape index (κ1) is 24.7. The SMILES string of the molecule is C=C1C=C(CC(NC(=O)OC(C)(C)C)c2nc3ccc(OC)cc3s2)C=CC1C.CC. The van der Waals surface area contributed by atoms with Crippen LogP contribution in [0.3, 0.4) is 0 Å². The number of allylic oxidation sites excluding steroid dienone is 4. The normalized spacial score (nSPS) is 16.8. The van der Waals surface area contributed by atoms with Crippen molar-refractivity contribution in [1.82, 2.24) is 10.3 Å². The third-order valence-electron chi connectivity index (χ3n) is 4.60. The highest BCUT2D eigenvalue weighted by atomic mass is 32.1. The summed E-state index contributed by atoms with van der Waals surface area (Å²) >= 11 is 1.55. The number of rotatable bonds is 5. The number of hydrogen-bond donors (Lipinski definition) is 1. The number of benzene rings is 1. The molecule has 5 nitrogen and oxygen atoms in total. The van der Waals surface area contributed by atoms with Gasteiger partial charge in [-0.15, -0.1) is 11.3 Å². The Morgan fingerprint density at radius 2 is 2.03 bits per heavy atom. The minimum absolute atomic E-state index is 0.301. The van der Waals surface area contributed by atoms with Crippen LogP contribution in [-0.4, -0.2) is 23.8 Å². The van der Waals surface area contributed by atoms with Crippen LogP contribution in [-0.2, 0) is 4.74 Å². The van der Waals surface area contributed by atoms with E-state index in [9.17, 15) is 4.79 Å². The van der Waals surface area contributed by atoms with E-state index in [2.05, 4.69) is 37.0 Å². The quantitative estimate of drug-likeness (QED) is 0.543. The number of thiazole rings is 1. The van der Waals surface area contributed by atoms with Crippen molar-refractivity contribution in [2.24, 2.45) is 5.92 Å². The second-order valence-corrected chi connectivity index (χ2v) is 9.29. The van der Waals surface area contributed by atoms with Gasteiger partial charge in [0.05, 0.1) is 23.4 Å². The van der Waals surface area contributed by atoms with E-state index in [-0.39, 0.29) is 6.04 Å². The molecule has 0 saturated heterocycles. The molecule has 1 amide bonds. The van der Waals surface area contributed by atoms with Crippen molar-refractivity contribution in [2.45, 2.75) is 59.6 Å². The first-order valence-electron chi connectivity index (χ1n) is 10.7. The summed E-state index contributed by atoms with van der Waals surface area (Å²) in [4.78, 5) is 17.2. The smallest absolute Gasteiger partial charge is 0.408 e. The van der Waals surface area contributed by atoms with Gasteiger partial charge >= 0.3 is 6.09 Å². The Morgan fingerprint density at radius 3 is 2.65 bits per heavy atom. The van der Waals surface area contributed by atoms with Crippen LogP contribution >= 0.6 is 11.3 Å². The molecule has 6 heteroatoms. The van der Waals surface area contributed by atoms with Gasteiger partial charge in [-0.1, -0.05) is 45.6 Å². The Bertz CT molecular complexity index is 982. The third kappa shape index (κ3) is 6.96. The average molecular weight is 443 g/mol. The number of aromatic nitrogens is 1. The first-order valence-corrected chi connectivity index (χ1v) is 11.5. The van der Waals surface area contributed by atoms with Crippen LogP contribution < -0.4 is 10.1 Å². The van der Waals surface area contributed by atoms with E-state index in [0.717, 1.165) is 32.1 Å². The van der Waals surface area contributed by atoms with Gasteiger partial charge < -0.3 is 14.8 Å². The fourth-order valence-corrected chi connectivity index (χ4v) is 4.07. The van der Waals surface area contributed by atoms with Gasteiger partial charge in [0.2, 0.25) is 0 Å². The molecule has 1 aliphatic rings. The highest BCUT2D eigenvalue weighted by molar-refractivity contribution is 7.18. The molecule has 0 fully saturated rings. The number of hydrogen-bond acceptors (Lipinski definition) is 5. The second kappa shape index (κ2) is 10.6. The fraction of sp³-hybridized carbons (Fsp3) is 0.440. The molecule has 1 aromatic heterocycles. The molecular weight excluding hydrogens is 408 g/mol. The first-order chi connectivity index (χ1) is 14.6. The van der Waals surface area contributed by atoms with Crippen molar-refractivity contribution in [3.8, 4) is 5.75 Å². The van der Waals surface area contributed by atoms with E-state index >= 15 is 0 Å². The summed E-state index contributed by atoms with van der Waals surface area (Å²) < 4.78 is 11.8. The number of fused-ring (bicyclic) bond motifs is 1. The maximum absolute atomic E-state index is 12.5. The molecule has 1 heterocycles. The standard InChI is InChI=1S/C23H28N2O3S.C2H6/c1-14-7-8-16(11-15(14)2)12-19(25-22(26)28-23(3,4)5)21-24-18-10-9-17(27-6)13-20(18)29-21;1-2/h7-11,13-14,19H,2,12H2,1,3-6H3,(H,25,26);1-2H3. The zero-order valence-electron chi connectivity index (χ0n) is 19.6. The molecule has 0 radical (unpaired) electrons. The van der Waals surface area contributed by atoms with Crippen molar-refractivity contribution in [3.05, 3.63) is 59.2 Å². The van der Waals surface area contributed by atoms with Crippen LogP contribution in [0.1, 0.15) is 59.0 Å².